The van der Waals surface area contributed by atoms with Crippen LogP contribution < -0.4 is 6.54 Å². The number of hydrogen-bond donors (Lipinski definition) is 0. The summed E-state index contributed by atoms with van der Waals surface area (Å²) in [7, 11) is 12.9. The van der Waals surface area contributed by atoms with Crippen molar-refractivity contribution in [3.05, 3.63) is 59.1 Å². The van der Waals surface area contributed by atoms with Crippen molar-refractivity contribution < 1.29 is 13.2 Å². The minimum atomic E-state index is -4.36. The summed E-state index contributed by atoms with van der Waals surface area (Å²) in [6.45, 7) is 0. The number of alkyl halides is 3. The molecule has 0 aromatic heterocycles. The van der Waals surface area contributed by atoms with Crippen LogP contribution in [0.5, 0.6) is 0 Å². The van der Waals surface area contributed by atoms with Crippen molar-refractivity contribution in [3.8, 4) is 0 Å². The Morgan fingerprint density at radius 1 is 0.750 bits per heavy atom. The van der Waals surface area contributed by atoms with Crippen LogP contribution in [0, 0.1) is 0 Å². The van der Waals surface area contributed by atoms with Crippen LogP contribution in [0.15, 0.2) is 48.5 Å². The third-order valence-corrected chi connectivity index (χ3v) is 17.1. The fourth-order valence-electron chi connectivity index (χ4n) is 1.62. The van der Waals surface area contributed by atoms with Gasteiger partial charge in [0.1, 0.15) is 0 Å². The van der Waals surface area contributed by atoms with Crippen molar-refractivity contribution in [2.75, 3.05) is 0 Å². The number of halogens is 6. The van der Waals surface area contributed by atoms with Gasteiger partial charge < -0.3 is 0 Å². The van der Waals surface area contributed by atoms with Crippen molar-refractivity contribution in [1.29, 1.82) is 0 Å². The van der Waals surface area contributed by atoms with Gasteiger partial charge in [-0.05, 0) is 0 Å². The first-order valence-corrected chi connectivity index (χ1v) is 17.9. The van der Waals surface area contributed by atoms with Crippen molar-refractivity contribution in [2.24, 2.45) is 0 Å². The Labute approximate surface area is 131 Å². The Morgan fingerprint density at radius 2 is 1.15 bits per heavy atom. The first-order chi connectivity index (χ1) is 9.21. The summed E-state index contributed by atoms with van der Waals surface area (Å²) < 4.78 is 38.9. The third kappa shape index (κ3) is 3.60. The number of hydrogen-bond acceptors (Lipinski definition) is 0. The minimum absolute atomic E-state index is 0.553. The van der Waals surface area contributed by atoms with Crippen molar-refractivity contribution in [1.82, 2.24) is 0 Å². The second-order valence-electron chi connectivity index (χ2n) is 4.03. The monoisotopic (exact) mass is 535 g/mol. The molecular weight excluding hydrogens is 528 g/mol. The first-order valence-electron chi connectivity index (χ1n) is 5.43. The molecule has 2 rings (SSSR count). The van der Waals surface area contributed by atoms with Crippen LogP contribution in [0.4, 0.5) is 13.2 Å². The average Bonchev–Trinajstić information content (AvgIpc) is 2.38. The van der Waals surface area contributed by atoms with Gasteiger partial charge in [0, 0.05) is 0 Å². The van der Waals surface area contributed by atoms with E-state index in [9.17, 15) is 13.2 Å². The second kappa shape index (κ2) is 6.00. The van der Waals surface area contributed by atoms with E-state index in [2.05, 4.69) is 0 Å². The van der Waals surface area contributed by atoms with Gasteiger partial charge in [0.2, 0.25) is 0 Å². The average molecular weight is 537 g/mol. The maximum atomic E-state index is 12.5. The molecular formula is C13H8BiCl3F3. The summed E-state index contributed by atoms with van der Waals surface area (Å²) in [4.78, 5) is 0. The van der Waals surface area contributed by atoms with Crippen molar-refractivity contribution in [2.45, 2.75) is 6.18 Å². The molecule has 7 heteroatoms. The van der Waals surface area contributed by atoms with Crippen LogP contribution in [0.2, 0.25) is 5.02 Å². The molecule has 0 aliphatic heterocycles. The molecule has 0 bridgehead atoms. The number of rotatable bonds is 2. The Kier molecular flexibility index (Phi) is 4.91. The fraction of sp³-hybridized carbons (Fsp3) is 0.0769. The molecule has 0 aliphatic carbocycles. The van der Waals surface area contributed by atoms with Crippen molar-refractivity contribution in [3.63, 3.8) is 0 Å². The molecule has 2 aromatic rings. The summed E-state index contributed by atoms with van der Waals surface area (Å²) in [5, 5.41) is 0.553. The molecule has 0 atom stereocenters. The van der Waals surface area contributed by atoms with Gasteiger partial charge in [-0.15, -0.1) is 0 Å². The molecule has 0 spiro atoms. The van der Waals surface area contributed by atoms with Gasteiger partial charge in [-0.2, -0.15) is 0 Å². The van der Waals surface area contributed by atoms with E-state index in [1.807, 2.05) is 0 Å². The summed E-state index contributed by atoms with van der Waals surface area (Å²) in [6.07, 6.45) is -4.36. The van der Waals surface area contributed by atoms with E-state index < -0.39 is 29.6 Å². The van der Waals surface area contributed by atoms with Crippen LogP contribution >= 0.6 is 28.6 Å². The second-order valence-corrected chi connectivity index (χ2v) is 22.9. The Hall–Kier alpha value is -0.0169. The van der Waals surface area contributed by atoms with Crippen molar-refractivity contribution >= 4 is 53.0 Å². The van der Waals surface area contributed by atoms with Crippen LogP contribution in [-0.4, -0.2) is 17.9 Å². The zero-order chi connectivity index (χ0) is 15.0. The van der Waals surface area contributed by atoms with E-state index in [1.165, 1.54) is 12.1 Å². The summed E-state index contributed by atoms with van der Waals surface area (Å²) in [5.74, 6) is 0. The maximum absolute atomic E-state index is 12.5. The molecule has 0 N–H and O–H groups in total. The van der Waals surface area contributed by atoms with Crippen LogP contribution in [0.3, 0.4) is 0 Å². The molecule has 2 aromatic carbocycles. The standard InChI is InChI=1S/C7H4F3.C6H4Cl.Bi.2ClH/c8-7(9,10)6-4-2-1-3-5-6;7-6-4-2-1-3-5-6;;;/h2-5H;2-5H;;2*1H/q;;+2;;/p-2. The van der Waals surface area contributed by atoms with E-state index in [0.717, 1.165) is 15.4 Å². The molecule has 1 radical (unpaired) electrons. The molecule has 0 saturated carbocycles. The number of benzene rings is 2. The molecule has 0 amide bonds. The summed E-state index contributed by atoms with van der Waals surface area (Å²) >= 11 is 1.87. The summed E-state index contributed by atoms with van der Waals surface area (Å²) in [6, 6.07) is 11.5. The van der Waals surface area contributed by atoms with E-state index >= 15 is 0 Å². The molecule has 0 fully saturated rings. The van der Waals surface area contributed by atoms with Gasteiger partial charge >= 0.3 is 132 Å². The Bertz CT molecular complexity index is 592. The predicted molar refractivity (Wildman–Crippen MR) is 79.6 cm³/mol. The Morgan fingerprint density at radius 3 is 1.55 bits per heavy atom. The fourth-order valence-corrected chi connectivity index (χ4v) is 10.9. The molecule has 0 unspecified atom stereocenters. The van der Waals surface area contributed by atoms with E-state index in [1.54, 1.807) is 24.3 Å². The van der Waals surface area contributed by atoms with E-state index in [0.29, 0.717) is 8.29 Å². The first kappa shape index (κ1) is 16.4. The quantitative estimate of drug-likeness (QED) is 0.500. The van der Waals surface area contributed by atoms with E-state index in [4.69, 9.17) is 28.6 Å². The SMILES string of the molecule is FC(F)(F)c1cc[c]([Bi]([Cl])([Cl])[c]2ccc(Cl)cc2)cc1. The topological polar surface area (TPSA) is 0 Å². The Balaban J connectivity index is 2.37. The van der Waals surface area contributed by atoms with Gasteiger partial charge in [-0.1, -0.05) is 0 Å². The van der Waals surface area contributed by atoms with Gasteiger partial charge in [-0.3, -0.25) is 0 Å². The molecule has 0 aliphatic rings. The normalized spacial score (nSPS) is 12.5. The van der Waals surface area contributed by atoms with Gasteiger partial charge in [0.05, 0.1) is 0 Å². The molecule has 20 heavy (non-hydrogen) atoms. The van der Waals surface area contributed by atoms with Crippen LogP contribution in [0.1, 0.15) is 5.56 Å². The van der Waals surface area contributed by atoms with Crippen LogP contribution in [0.25, 0.3) is 0 Å². The van der Waals surface area contributed by atoms with Gasteiger partial charge in [0.15, 0.2) is 0 Å². The predicted octanol–water partition coefficient (Wildman–Crippen LogP) is 4.39. The van der Waals surface area contributed by atoms with E-state index in [-0.39, 0.29) is 0 Å². The van der Waals surface area contributed by atoms with Gasteiger partial charge in [0.25, 0.3) is 0 Å². The van der Waals surface area contributed by atoms with Crippen LogP contribution in [-0.2, 0) is 6.18 Å². The molecule has 107 valence electrons. The zero-order valence-electron chi connectivity index (χ0n) is 9.83. The zero-order valence-corrected chi connectivity index (χ0v) is 15.6. The molecule has 0 nitrogen and oxygen atoms in total. The molecule has 0 saturated heterocycles. The summed E-state index contributed by atoms with van der Waals surface area (Å²) in [5.41, 5.74) is -0.714. The molecule has 0 heterocycles. The third-order valence-electron chi connectivity index (χ3n) is 2.67. The van der Waals surface area contributed by atoms with Gasteiger partial charge in [-0.25, -0.2) is 0 Å².